The highest BCUT2D eigenvalue weighted by Gasteiger charge is 2.19. The van der Waals surface area contributed by atoms with Gasteiger partial charge in [-0.25, -0.2) is 0 Å². The van der Waals surface area contributed by atoms with Gasteiger partial charge in [-0.1, -0.05) is 6.07 Å². The molecule has 0 aromatic heterocycles. The number of nitro groups is 1. The Hall–Kier alpha value is -1.66. The SMILES string of the molecule is Cc1ccc(C(=O)NC2CCCNC2)cc1[N+](=O)[O-].Cl. The molecule has 1 aromatic rings. The molecule has 0 saturated carbocycles. The van der Waals surface area contributed by atoms with Crippen LogP contribution in [0.4, 0.5) is 5.69 Å². The molecule has 2 N–H and O–H groups in total. The van der Waals surface area contributed by atoms with E-state index in [-0.39, 0.29) is 30.0 Å². The van der Waals surface area contributed by atoms with E-state index < -0.39 is 4.92 Å². The highest BCUT2D eigenvalue weighted by Crippen LogP contribution is 2.19. The van der Waals surface area contributed by atoms with Gasteiger partial charge in [-0.15, -0.1) is 12.4 Å². The van der Waals surface area contributed by atoms with Crippen LogP contribution in [0.1, 0.15) is 28.8 Å². The average molecular weight is 300 g/mol. The van der Waals surface area contributed by atoms with E-state index >= 15 is 0 Å². The van der Waals surface area contributed by atoms with Crippen LogP contribution >= 0.6 is 12.4 Å². The molecule has 1 fully saturated rings. The zero-order chi connectivity index (χ0) is 13.8. The lowest BCUT2D eigenvalue weighted by Gasteiger charge is -2.23. The quantitative estimate of drug-likeness (QED) is 0.658. The minimum Gasteiger partial charge on any atom is -0.348 e. The standard InChI is InChI=1S/C13H17N3O3.ClH/c1-9-4-5-10(7-12(9)16(18)19)13(17)15-11-3-2-6-14-8-11;/h4-5,7,11,14H,2-3,6,8H2,1H3,(H,15,17);1H. The number of nitro benzene ring substituents is 1. The van der Waals surface area contributed by atoms with Crippen LogP contribution in [0.25, 0.3) is 0 Å². The van der Waals surface area contributed by atoms with Crippen molar-refractivity contribution in [1.29, 1.82) is 0 Å². The monoisotopic (exact) mass is 299 g/mol. The predicted molar refractivity (Wildman–Crippen MR) is 78.4 cm³/mol. The number of aryl methyl sites for hydroxylation is 1. The minimum atomic E-state index is -0.464. The van der Waals surface area contributed by atoms with Crippen LogP contribution in [0.5, 0.6) is 0 Å². The molecular formula is C13H18ClN3O3. The fraction of sp³-hybridized carbons (Fsp3) is 0.462. The van der Waals surface area contributed by atoms with Crippen LogP contribution in [-0.2, 0) is 0 Å². The summed E-state index contributed by atoms with van der Waals surface area (Å²) in [5, 5.41) is 17.0. The molecule has 0 aliphatic carbocycles. The molecule has 7 heteroatoms. The number of nitrogens with one attached hydrogen (secondary N) is 2. The number of carbonyl (C=O) groups is 1. The molecule has 0 spiro atoms. The van der Waals surface area contributed by atoms with Crippen molar-refractivity contribution in [3.05, 3.63) is 39.4 Å². The summed E-state index contributed by atoms with van der Waals surface area (Å²) < 4.78 is 0. The highest BCUT2D eigenvalue weighted by molar-refractivity contribution is 5.95. The number of rotatable bonds is 3. The van der Waals surface area contributed by atoms with E-state index in [1.165, 1.54) is 6.07 Å². The number of carbonyl (C=O) groups excluding carboxylic acids is 1. The van der Waals surface area contributed by atoms with Gasteiger partial charge in [0.05, 0.1) is 4.92 Å². The molecule has 2 rings (SSSR count). The number of piperidine rings is 1. The normalized spacial score (nSPS) is 17.9. The summed E-state index contributed by atoms with van der Waals surface area (Å²) in [6.45, 7) is 3.38. The first-order valence-electron chi connectivity index (χ1n) is 6.34. The zero-order valence-corrected chi connectivity index (χ0v) is 12.0. The summed E-state index contributed by atoms with van der Waals surface area (Å²) in [5.41, 5.74) is 0.873. The molecule has 1 aliphatic rings. The number of nitrogens with zero attached hydrogens (tertiary/aromatic N) is 1. The van der Waals surface area contributed by atoms with Crippen molar-refractivity contribution in [2.45, 2.75) is 25.8 Å². The van der Waals surface area contributed by atoms with Crippen LogP contribution in [0.2, 0.25) is 0 Å². The van der Waals surface area contributed by atoms with Gasteiger partial charge in [-0.3, -0.25) is 14.9 Å². The molecule has 1 amide bonds. The Morgan fingerprint density at radius 2 is 2.25 bits per heavy atom. The zero-order valence-electron chi connectivity index (χ0n) is 11.2. The lowest BCUT2D eigenvalue weighted by atomic mass is 10.1. The predicted octanol–water partition coefficient (Wildman–Crippen LogP) is 1.81. The first-order valence-corrected chi connectivity index (χ1v) is 6.34. The molecule has 1 aliphatic heterocycles. The summed E-state index contributed by atoms with van der Waals surface area (Å²) in [6.07, 6.45) is 1.96. The van der Waals surface area contributed by atoms with Gasteiger partial charge >= 0.3 is 0 Å². The summed E-state index contributed by atoms with van der Waals surface area (Å²) in [7, 11) is 0. The molecule has 0 bridgehead atoms. The van der Waals surface area contributed by atoms with Crippen molar-refractivity contribution in [2.24, 2.45) is 0 Å². The van der Waals surface area contributed by atoms with Gasteiger partial charge in [0, 0.05) is 29.8 Å². The van der Waals surface area contributed by atoms with E-state index in [2.05, 4.69) is 10.6 Å². The molecule has 1 saturated heterocycles. The molecule has 20 heavy (non-hydrogen) atoms. The summed E-state index contributed by atoms with van der Waals surface area (Å²) in [5.74, 6) is -0.253. The van der Waals surface area contributed by atoms with Crippen LogP contribution in [0.15, 0.2) is 18.2 Å². The first kappa shape index (κ1) is 16.4. The maximum absolute atomic E-state index is 12.0. The van der Waals surface area contributed by atoms with Gasteiger partial charge in [-0.2, -0.15) is 0 Å². The van der Waals surface area contributed by atoms with Crippen molar-refractivity contribution >= 4 is 24.0 Å². The second kappa shape index (κ2) is 7.21. The summed E-state index contributed by atoms with van der Waals surface area (Å²) in [6, 6.07) is 4.66. The topological polar surface area (TPSA) is 84.3 Å². The van der Waals surface area contributed by atoms with E-state index in [1.807, 2.05) is 0 Å². The Morgan fingerprint density at radius 1 is 1.50 bits per heavy atom. The number of benzene rings is 1. The molecule has 6 nitrogen and oxygen atoms in total. The molecular weight excluding hydrogens is 282 g/mol. The van der Waals surface area contributed by atoms with Crippen LogP contribution < -0.4 is 10.6 Å². The number of halogens is 1. The third-order valence-electron chi connectivity index (χ3n) is 3.30. The third kappa shape index (κ3) is 3.91. The molecule has 0 radical (unpaired) electrons. The van der Waals surface area contributed by atoms with Crippen molar-refractivity contribution in [2.75, 3.05) is 13.1 Å². The summed E-state index contributed by atoms with van der Waals surface area (Å²) >= 11 is 0. The smallest absolute Gasteiger partial charge is 0.273 e. The second-order valence-electron chi connectivity index (χ2n) is 4.78. The summed E-state index contributed by atoms with van der Waals surface area (Å²) in [4.78, 5) is 22.4. The molecule has 1 unspecified atom stereocenters. The minimum absolute atomic E-state index is 0. The lowest BCUT2D eigenvalue weighted by molar-refractivity contribution is -0.385. The van der Waals surface area contributed by atoms with E-state index in [0.29, 0.717) is 11.1 Å². The van der Waals surface area contributed by atoms with Gasteiger partial charge < -0.3 is 10.6 Å². The average Bonchev–Trinajstić information content (AvgIpc) is 2.40. The highest BCUT2D eigenvalue weighted by atomic mass is 35.5. The van der Waals surface area contributed by atoms with Crippen molar-refractivity contribution in [3.63, 3.8) is 0 Å². The Balaban J connectivity index is 0.00000200. The van der Waals surface area contributed by atoms with E-state index in [9.17, 15) is 14.9 Å². The molecule has 1 heterocycles. The van der Waals surface area contributed by atoms with Crippen molar-refractivity contribution in [3.8, 4) is 0 Å². The van der Waals surface area contributed by atoms with E-state index in [1.54, 1.807) is 19.1 Å². The Labute approximate surface area is 123 Å². The van der Waals surface area contributed by atoms with Gasteiger partial charge in [0.2, 0.25) is 0 Å². The third-order valence-corrected chi connectivity index (χ3v) is 3.30. The lowest BCUT2D eigenvalue weighted by Crippen LogP contribution is -2.45. The number of hydrogen-bond donors (Lipinski definition) is 2. The van der Waals surface area contributed by atoms with Gasteiger partial charge in [0.25, 0.3) is 11.6 Å². The van der Waals surface area contributed by atoms with Crippen LogP contribution in [-0.4, -0.2) is 30.0 Å². The Bertz CT molecular complexity index is 502. The fourth-order valence-electron chi connectivity index (χ4n) is 2.19. The second-order valence-corrected chi connectivity index (χ2v) is 4.78. The van der Waals surface area contributed by atoms with Gasteiger partial charge in [0.15, 0.2) is 0 Å². The Kier molecular flexibility index (Phi) is 5.91. The van der Waals surface area contributed by atoms with Gasteiger partial charge in [0.1, 0.15) is 0 Å². The van der Waals surface area contributed by atoms with Crippen molar-refractivity contribution in [1.82, 2.24) is 10.6 Å². The van der Waals surface area contributed by atoms with E-state index in [0.717, 1.165) is 25.9 Å². The fourth-order valence-corrected chi connectivity index (χ4v) is 2.19. The molecule has 1 aromatic carbocycles. The maximum atomic E-state index is 12.0. The maximum Gasteiger partial charge on any atom is 0.273 e. The van der Waals surface area contributed by atoms with Crippen LogP contribution in [0, 0.1) is 17.0 Å². The first-order chi connectivity index (χ1) is 9.08. The van der Waals surface area contributed by atoms with Crippen molar-refractivity contribution < 1.29 is 9.72 Å². The molecule has 110 valence electrons. The number of hydrogen-bond acceptors (Lipinski definition) is 4. The van der Waals surface area contributed by atoms with E-state index in [4.69, 9.17) is 0 Å². The Morgan fingerprint density at radius 3 is 2.85 bits per heavy atom. The van der Waals surface area contributed by atoms with Crippen LogP contribution in [0.3, 0.4) is 0 Å². The largest absolute Gasteiger partial charge is 0.348 e. The van der Waals surface area contributed by atoms with Gasteiger partial charge in [-0.05, 0) is 32.4 Å². The molecule has 1 atom stereocenters. The number of amides is 1.